The number of anilines is 1. The molecule has 0 radical (unpaired) electrons. The van der Waals surface area contributed by atoms with Gasteiger partial charge in [0.05, 0.1) is 23.8 Å². The van der Waals surface area contributed by atoms with Crippen LogP contribution in [0, 0.1) is 0 Å². The lowest BCUT2D eigenvalue weighted by molar-refractivity contribution is 0.0854. The van der Waals surface area contributed by atoms with Crippen LogP contribution in [0.25, 0.3) is 16.7 Å². The van der Waals surface area contributed by atoms with Crippen molar-refractivity contribution in [3.8, 4) is 5.69 Å². The Bertz CT molecular complexity index is 843. The first kappa shape index (κ1) is 15.9. The van der Waals surface area contributed by atoms with Crippen LogP contribution in [0.1, 0.15) is 0 Å². The van der Waals surface area contributed by atoms with E-state index in [0.717, 1.165) is 22.5 Å². The number of para-hydroxylation sites is 1. The minimum atomic E-state index is -2.29. The average Bonchev–Trinajstić information content (AvgIpc) is 3.07. The predicted octanol–water partition coefficient (Wildman–Crippen LogP) is 2.20. The summed E-state index contributed by atoms with van der Waals surface area (Å²) in [5.41, 5.74) is 1.68. The molecule has 1 aromatic carbocycles. The molecule has 0 spiro atoms. The van der Waals surface area contributed by atoms with Gasteiger partial charge in [0.1, 0.15) is 12.1 Å². The summed E-state index contributed by atoms with van der Waals surface area (Å²) in [6.45, 7) is 2.36. The van der Waals surface area contributed by atoms with Gasteiger partial charge in [0, 0.05) is 26.2 Å². The van der Waals surface area contributed by atoms with Crippen LogP contribution in [-0.4, -0.2) is 63.8 Å². The van der Waals surface area contributed by atoms with Crippen molar-refractivity contribution in [2.45, 2.75) is 6.43 Å². The van der Waals surface area contributed by atoms with E-state index in [0.29, 0.717) is 26.2 Å². The summed E-state index contributed by atoms with van der Waals surface area (Å²) in [4.78, 5) is 12.7. The Morgan fingerprint density at radius 3 is 2.48 bits per heavy atom. The summed E-state index contributed by atoms with van der Waals surface area (Å²) in [6, 6.07) is 9.80. The van der Waals surface area contributed by atoms with Gasteiger partial charge in [-0.1, -0.05) is 18.2 Å². The summed E-state index contributed by atoms with van der Waals surface area (Å²) < 4.78 is 26.8. The molecular formula is C17H18F2N6. The van der Waals surface area contributed by atoms with E-state index in [4.69, 9.17) is 0 Å². The van der Waals surface area contributed by atoms with Gasteiger partial charge in [-0.25, -0.2) is 23.4 Å². The standard InChI is InChI=1S/C17H18F2N6/c18-15(19)11-23-6-8-24(9-7-23)16-14-10-22-25(17(14)21-12-20-16)13-4-2-1-3-5-13/h1-5,10,12,15H,6-9,11H2. The smallest absolute Gasteiger partial charge is 0.251 e. The van der Waals surface area contributed by atoms with E-state index < -0.39 is 6.43 Å². The summed E-state index contributed by atoms with van der Waals surface area (Å²) in [5, 5.41) is 5.32. The number of rotatable bonds is 4. The van der Waals surface area contributed by atoms with Crippen LogP contribution in [0.5, 0.6) is 0 Å². The number of nitrogens with zero attached hydrogens (tertiary/aromatic N) is 6. The number of alkyl halides is 2. The lowest BCUT2D eigenvalue weighted by atomic mass is 10.2. The Hall–Kier alpha value is -2.61. The number of hydrogen-bond donors (Lipinski definition) is 0. The fraction of sp³-hybridized carbons (Fsp3) is 0.353. The summed E-state index contributed by atoms with van der Waals surface area (Å²) in [6.07, 6.45) is 1.01. The van der Waals surface area contributed by atoms with E-state index in [2.05, 4.69) is 20.0 Å². The lowest BCUT2D eigenvalue weighted by Gasteiger charge is -2.35. The molecule has 0 N–H and O–H groups in total. The molecule has 0 aliphatic carbocycles. The Morgan fingerprint density at radius 1 is 1.00 bits per heavy atom. The van der Waals surface area contributed by atoms with E-state index in [1.807, 2.05) is 30.3 Å². The van der Waals surface area contributed by atoms with Crippen LogP contribution in [0.3, 0.4) is 0 Å². The molecule has 3 aromatic rings. The Morgan fingerprint density at radius 2 is 1.76 bits per heavy atom. The van der Waals surface area contributed by atoms with Gasteiger partial charge in [0.2, 0.25) is 0 Å². The normalized spacial score (nSPS) is 16.0. The highest BCUT2D eigenvalue weighted by Crippen LogP contribution is 2.25. The monoisotopic (exact) mass is 344 g/mol. The zero-order valence-electron chi connectivity index (χ0n) is 13.6. The first-order chi connectivity index (χ1) is 12.2. The third-order valence-electron chi connectivity index (χ3n) is 4.41. The van der Waals surface area contributed by atoms with Gasteiger partial charge in [-0.05, 0) is 12.1 Å². The van der Waals surface area contributed by atoms with Crippen molar-refractivity contribution in [3.63, 3.8) is 0 Å². The minimum Gasteiger partial charge on any atom is -0.353 e. The van der Waals surface area contributed by atoms with Crippen LogP contribution in [0.4, 0.5) is 14.6 Å². The van der Waals surface area contributed by atoms with Crippen molar-refractivity contribution < 1.29 is 8.78 Å². The van der Waals surface area contributed by atoms with Gasteiger partial charge in [0.25, 0.3) is 6.43 Å². The van der Waals surface area contributed by atoms with Gasteiger partial charge in [-0.3, -0.25) is 4.90 Å². The van der Waals surface area contributed by atoms with Crippen molar-refractivity contribution in [1.82, 2.24) is 24.6 Å². The molecule has 1 aliphatic rings. The van der Waals surface area contributed by atoms with Gasteiger partial charge in [-0.2, -0.15) is 5.10 Å². The quantitative estimate of drug-likeness (QED) is 0.726. The van der Waals surface area contributed by atoms with Gasteiger partial charge in [0.15, 0.2) is 5.65 Å². The third kappa shape index (κ3) is 3.17. The second kappa shape index (κ2) is 6.72. The van der Waals surface area contributed by atoms with E-state index in [9.17, 15) is 8.78 Å². The average molecular weight is 344 g/mol. The van der Waals surface area contributed by atoms with Crippen LogP contribution in [-0.2, 0) is 0 Å². The summed E-state index contributed by atoms with van der Waals surface area (Å²) in [5.74, 6) is 0.809. The molecule has 1 saturated heterocycles. The summed E-state index contributed by atoms with van der Waals surface area (Å²) >= 11 is 0. The maximum absolute atomic E-state index is 12.5. The molecule has 0 amide bonds. The molecule has 1 aliphatic heterocycles. The largest absolute Gasteiger partial charge is 0.353 e. The number of benzene rings is 1. The molecule has 0 saturated carbocycles. The van der Waals surface area contributed by atoms with Crippen molar-refractivity contribution in [3.05, 3.63) is 42.9 Å². The van der Waals surface area contributed by atoms with E-state index >= 15 is 0 Å². The van der Waals surface area contributed by atoms with Gasteiger partial charge >= 0.3 is 0 Å². The third-order valence-corrected chi connectivity index (χ3v) is 4.41. The maximum Gasteiger partial charge on any atom is 0.251 e. The lowest BCUT2D eigenvalue weighted by Crippen LogP contribution is -2.48. The molecule has 8 heteroatoms. The number of hydrogen-bond acceptors (Lipinski definition) is 5. The number of halogens is 2. The molecule has 2 aromatic heterocycles. The number of fused-ring (bicyclic) bond motifs is 1. The summed E-state index contributed by atoms with van der Waals surface area (Å²) in [7, 11) is 0. The fourth-order valence-corrected chi connectivity index (χ4v) is 3.18. The van der Waals surface area contributed by atoms with Gasteiger partial charge < -0.3 is 4.90 Å². The molecule has 0 bridgehead atoms. The minimum absolute atomic E-state index is 0.168. The highest BCUT2D eigenvalue weighted by Gasteiger charge is 2.23. The van der Waals surface area contributed by atoms with E-state index in [1.54, 1.807) is 15.8 Å². The highest BCUT2D eigenvalue weighted by atomic mass is 19.3. The van der Waals surface area contributed by atoms with Crippen LogP contribution >= 0.6 is 0 Å². The molecule has 0 unspecified atom stereocenters. The Kier molecular flexibility index (Phi) is 4.27. The maximum atomic E-state index is 12.5. The Labute approximate surface area is 143 Å². The molecule has 3 heterocycles. The zero-order chi connectivity index (χ0) is 17.2. The molecule has 0 atom stereocenters. The predicted molar refractivity (Wildman–Crippen MR) is 91.3 cm³/mol. The molecule has 1 fully saturated rings. The fourth-order valence-electron chi connectivity index (χ4n) is 3.18. The van der Waals surface area contributed by atoms with Crippen molar-refractivity contribution >= 4 is 16.9 Å². The molecular weight excluding hydrogens is 326 g/mol. The van der Waals surface area contributed by atoms with Crippen molar-refractivity contribution in [2.24, 2.45) is 0 Å². The first-order valence-corrected chi connectivity index (χ1v) is 8.22. The molecule has 6 nitrogen and oxygen atoms in total. The Balaban J connectivity index is 1.61. The first-order valence-electron chi connectivity index (χ1n) is 8.22. The zero-order valence-corrected chi connectivity index (χ0v) is 13.6. The SMILES string of the molecule is FC(F)CN1CCN(c2ncnc3c2cnn3-c2ccccc2)CC1. The van der Waals surface area contributed by atoms with Crippen LogP contribution < -0.4 is 4.90 Å². The molecule has 130 valence electrons. The van der Waals surface area contributed by atoms with Crippen molar-refractivity contribution in [2.75, 3.05) is 37.6 Å². The van der Waals surface area contributed by atoms with Crippen LogP contribution in [0.2, 0.25) is 0 Å². The van der Waals surface area contributed by atoms with E-state index in [1.165, 1.54) is 6.33 Å². The number of aromatic nitrogens is 4. The van der Waals surface area contributed by atoms with Gasteiger partial charge in [-0.15, -0.1) is 0 Å². The number of piperazine rings is 1. The van der Waals surface area contributed by atoms with Crippen LogP contribution in [0.15, 0.2) is 42.9 Å². The second-order valence-electron chi connectivity index (χ2n) is 6.01. The molecule has 25 heavy (non-hydrogen) atoms. The molecule has 4 rings (SSSR count). The second-order valence-corrected chi connectivity index (χ2v) is 6.01. The topological polar surface area (TPSA) is 50.1 Å². The van der Waals surface area contributed by atoms with E-state index in [-0.39, 0.29) is 6.54 Å². The highest BCUT2D eigenvalue weighted by molar-refractivity contribution is 5.87. The van der Waals surface area contributed by atoms with Crippen molar-refractivity contribution in [1.29, 1.82) is 0 Å².